The predicted octanol–water partition coefficient (Wildman–Crippen LogP) is 0.249. The Labute approximate surface area is 91.2 Å². The number of amides is 1. The lowest BCUT2D eigenvalue weighted by Crippen LogP contribution is -2.39. The van der Waals surface area contributed by atoms with Crippen molar-refractivity contribution in [2.75, 3.05) is 13.2 Å². The second-order valence-corrected chi connectivity index (χ2v) is 4.59. The summed E-state index contributed by atoms with van der Waals surface area (Å²) in [6, 6.07) is 0.174. The Morgan fingerprint density at radius 2 is 2.33 bits per heavy atom. The molecular weight excluding hydrogens is 192 g/mol. The molecule has 0 saturated heterocycles. The fraction of sp³-hybridized carbons (Fsp3) is 0.909. The normalized spacial score (nSPS) is 27.7. The van der Waals surface area contributed by atoms with E-state index in [2.05, 4.69) is 5.32 Å². The van der Waals surface area contributed by atoms with Crippen molar-refractivity contribution in [2.45, 2.75) is 38.6 Å². The summed E-state index contributed by atoms with van der Waals surface area (Å²) < 4.78 is 0. The van der Waals surface area contributed by atoms with Gasteiger partial charge in [-0.15, -0.1) is 0 Å². The number of nitrogens with two attached hydrogens (primary N) is 1. The van der Waals surface area contributed by atoms with E-state index in [0.717, 1.165) is 19.3 Å². The molecule has 15 heavy (non-hydrogen) atoms. The van der Waals surface area contributed by atoms with Crippen LogP contribution in [-0.4, -0.2) is 30.2 Å². The van der Waals surface area contributed by atoms with Crippen molar-refractivity contribution in [3.05, 3.63) is 0 Å². The highest BCUT2D eigenvalue weighted by Gasteiger charge is 2.27. The van der Waals surface area contributed by atoms with Crippen molar-refractivity contribution in [1.29, 1.82) is 0 Å². The monoisotopic (exact) mass is 214 g/mol. The quantitative estimate of drug-likeness (QED) is 0.614. The fourth-order valence-corrected chi connectivity index (χ4v) is 2.11. The van der Waals surface area contributed by atoms with Gasteiger partial charge in [-0.1, -0.05) is 13.3 Å². The maximum atomic E-state index is 11.6. The van der Waals surface area contributed by atoms with Gasteiger partial charge in [0.25, 0.3) is 0 Å². The van der Waals surface area contributed by atoms with Crippen LogP contribution in [0, 0.1) is 11.8 Å². The first kappa shape index (κ1) is 12.5. The molecule has 1 fully saturated rings. The molecule has 0 aromatic heterocycles. The van der Waals surface area contributed by atoms with Crippen LogP contribution in [0.25, 0.3) is 0 Å². The number of carbonyl (C=O) groups is 1. The van der Waals surface area contributed by atoms with Gasteiger partial charge in [0.1, 0.15) is 0 Å². The van der Waals surface area contributed by atoms with Crippen molar-refractivity contribution in [3.63, 3.8) is 0 Å². The number of aliphatic hydroxyl groups is 1. The van der Waals surface area contributed by atoms with Gasteiger partial charge in [-0.25, -0.2) is 0 Å². The predicted molar refractivity (Wildman–Crippen MR) is 59.2 cm³/mol. The summed E-state index contributed by atoms with van der Waals surface area (Å²) in [6.07, 6.45) is 3.61. The number of carbonyl (C=O) groups excluding carboxylic acids is 1. The summed E-state index contributed by atoms with van der Waals surface area (Å²) in [4.78, 5) is 11.6. The molecule has 1 aliphatic rings. The lowest BCUT2D eigenvalue weighted by atomic mass is 10.0. The second-order valence-electron chi connectivity index (χ2n) is 4.59. The molecule has 88 valence electrons. The van der Waals surface area contributed by atoms with Gasteiger partial charge >= 0.3 is 0 Å². The van der Waals surface area contributed by atoms with E-state index < -0.39 is 0 Å². The van der Waals surface area contributed by atoms with Crippen molar-refractivity contribution < 1.29 is 9.90 Å². The molecule has 0 aromatic rings. The molecule has 0 aromatic carbocycles. The van der Waals surface area contributed by atoms with Crippen LogP contribution >= 0.6 is 0 Å². The van der Waals surface area contributed by atoms with Gasteiger partial charge in [-0.05, 0) is 25.3 Å². The molecule has 4 nitrogen and oxygen atoms in total. The summed E-state index contributed by atoms with van der Waals surface area (Å²) in [6.45, 7) is 2.69. The van der Waals surface area contributed by atoms with E-state index in [4.69, 9.17) is 10.8 Å². The summed E-state index contributed by atoms with van der Waals surface area (Å²) in [7, 11) is 0. The molecule has 3 unspecified atom stereocenters. The van der Waals surface area contributed by atoms with Crippen LogP contribution in [0.1, 0.15) is 32.6 Å². The highest BCUT2D eigenvalue weighted by Crippen LogP contribution is 2.25. The Hall–Kier alpha value is -0.610. The van der Waals surface area contributed by atoms with Crippen LogP contribution in [0.5, 0.6) is 0 Å². The van der Waals surface area contributed by atoms with Gasteiger partial charge in [0.05, 0.1) is 0 Å². The highest BCUT2D eigenvalue weighted by atomic mass is 16.3. The zero-order chi connectivity index (χ0) is 11.3. The minimum Gasteiger partial charge on any atom is -0.396 e. The molecule has 0 spiro atoms. The van der Waals surface area contributed by atoms with Gasteiger partial charge in [-0.2, -0.15) is 0 Å². The maximum Gasteiger partial charge on any atom is 0.220 e. The van der Waals surface area contributed by atoms with E-state index in [0.29, 0.717) is 13.0 Å². The van der Waals surface area contributed by atoms with Gasteiger partial charge in [0, 0.05) is 25.0 Å². The Morgan fingerprint density at radius 3 is 2.93 bits per heavy atom. The Kier molecular flexibility index (Phi) is 5.05. The largest absolute Gasteiger partial charge is 0.396 e. The van der Waals surface area contributed by atoms with Gasteiger partial charge in [0.2, 0.25) is 5.91 Å². The standard InChI is InChI=1S/C11H22N2O2/c1-8(6-12)5-11(15)13-10-4-2-3-9(10)7-14/h8-10,14H,2-7,12H2,1H3,(H,13,15). The van der Waals surface area contributed by atoms with Crippen molar-refractivity contribution in [3.8, 4) is 0 Å². The summed E-state index contributed by atoms with van der Waals surface area (Å²) in [5, 5.41) is 12.1. The first-order valence-electron chi connectivity index (χ1n) is 5.77. The summed E-state index contributed by atoms with van der Waals surface area (Å²) in [5.41, 5.74) is 5.46. The van der Waals surface area contributed by atoms with Crippen LogP contribution in [-0.2, 0) is 4.79 Å². The van der Waals surface area contributed by atoms with Gasteiger partial charge in [0.15, 0.2) is 0 Å². The maximum absolute atomic E-state index is 11.6. The van der Waals surface area contributed by atoms with Gasteiger partial charge in [-0.3, -0.25) is 4.79 Å². The molecule has 1 amide bonds. The fourth-order valence-electron chi connectivity index (χ4n) is 2.11. The number of rotatable bonds is 5. The Balaban J connectivity index is 2.30. The lowest BCUT2D eigenvalue weighted by molar-refractivity contribution is -0.122. The smallest absolute Gasteiger partial charge is 0.220 e. The molecule has 4 N–H and O–H groups in total. The number of nitrogens with one attached hydrogen (secondary N) is 1. The van der Waals surface area contributed by atoms with Crippen LogP contribution < -0.4 is 11.1 Å². The zero-order valence-electron chi connectivity index (χ0n) is 9.41. The highest BCUT2D eigenvalue weighted by molar-refractivity contribution is 5.76. The first-order chi connectivity index (χ1) is 7.17. The molecule has 0 heterocycles. The molecule has 0 bridgehead atoms. The molecule has 0 radical (unpaired) electrons. The van der Waals surface area contributed by atoms with E-state index in [1.807, 2.05) is 6.92 Å². The Morgan fingerprint density at radius 1 is 1.60 bits per heavy atom. The van der Waals surface area contributed by atoms with Crippen molar-refractivity contribution >= 4 is 5.91 Å². The summed E-state index contributed by atoms with van der Waals surface area (Å²) >= 11 is 0. The van der Waals surface area contributed by atoms with Crippen molar-refractivity contribution in [2.24, 2.45) is 17.6 Å². The molecule has 1 aliphatic carbocycles. The number of hydrogen-bond donors (Lipinski definition) is 3. The average molecular weight is 214 g/mol. The molecule has 4 heteroatoms. The van der Waals surface area contributed by atoms with E-state index in [1.165, 1.54) is 0 Å². The lowest BCUT2D eigenvalue weighted by Gasteiger charge is -2.19. The third kappa shape index (κ3) is 3.80. The molecular formula is C11H22N2O2. The molecule has 0 aliphatic heterocycles. The average Bonchev–Trinajstić information content (AvgIpc) is 2.64. The van der Waals surface area contributed by atoms with E-state index >= 15 is 0 Å². The molecule has 1 saturated carbocycles. The first-order valence-corrected chi connectivity index (χ1v) is 5.77. The SMILES string of the molecule is CC(CN)CC(=O)NC1CCCC1CO. The second kappa shape index (κ2) is 6.08. The van der Waals surface area contributed by atoms with Gasteiger partial charge < -0.3 is 16.2 Å². The number of aliphatic hydroxyl groups excluding tert-OH is 1. The minimum atomic E-state index is 0.0679. The third-order valence-corrected chi connectivity index (χ3v) is 3.18. The van der Waals surface area contributed by atoms with Crippen LogP contribution in [0.3, 0.4) is 0 Å². The molecule has 3 atom stereocenters. The minimum absolute atomic E-state index is 0.0679. The third-order valence-electron chi connectivity index (χ3n) is 3.18. The Bertz CT molecular complexity index is 209. The van der Waals surface area contributed by atoms with E-state index in [9.17, 15) is 4.79 Å². The summed E-state index contributed by atoms with van der Waals surface area (Å²) in [5.74, 6) is 0.555. The topological polar surface area (TPSA) is 75.4 Å². The zero-order valence-corrected chi connectivity index (χ0v) is 9.41. The van der Waals surface area contributed by atoms with Crippen molar-refractivity contribution in [1.82, 2.24) is 5.32 Å². The van der Waals surface area contributed by atoms with E-state index in [-0.39, 0.29) is 30.4 Å². The van der Waals surface area contributed by atoms with E-state index in [1.54, 1.807) is 0 Å². The molecule has 1 rings (SSSR count). The van der Waals surface area contributed by atoms with Crippen LogP contribution in [0.4, 0.5) is 0 Å². The van der Waals surface area contributed by atoms with Crippen LogP contribution in [0.15, 0.2) is 0 Å². The number of hydrogen-bond acceptors (Lipinski definition) is 3. The van der Waals surface area contributed by atoms with Crippen LogP contribution in [0.2, 0.25) is 0 Å².